The van der Waals surface area contributed by atoms with E-state index < -0.39 is 0 Å². The Balaban J connectivity index is 2.87. The summed E-state index contributed by atoms with van der Waals surface area (Å²) in [6.07, 6.45) is 0.0988. The second-order valence-corrected chi connectivity index (χ2v) is 4.33. The SMILES string of the molecule is Cc1ccc(C(CN)OC(C)C)cc1Cl. The van der Waals surface area contributed by atoms with Crippen molar-refractivity contribution in [1.29, 1.82) is 0 Å². The topological polar surface area (TPSA) is 35.2 Å². The minimum atomic E-state index is -0.0666. The number of aryl methyl sites for hydroxylation is 1. The highest BCUT2D eigenvalue weighted by Gasteiger charge is 2.12. The van der Waals surface area contributed by atoms with Crippen LogP contribution >= 0.6 is 11.6 Å². The van der Waals surface area contributed by atoms with Gasteiger partial charge in [-0.25, -0.2) is 0 Å². The first-order valence-electron chi connectivity index (χ1n) is 5.16. The molecule has 0 radical (unpaired) electrons. The molecule has 84 valence electrons. The molecule has 0 saturated carbocycles. The van der Waals surface area contributed by atoms with Crippen LogP contribution in [0.5, 0.6) is 0 Å². The van der Waals surface area contributed by atoms with Crippen LogP contribution in [0.1, 0.15) is 31.1 Å². The fourth-order valence-corrected chi connectivity index (χ4v) is 1.60. The number of nitrogens with two attached hydrogens (primary N) is 1. The van der Waals surface area contributed by atoms with Crippen molar-refractivity contribution in [1.82, 2.24) is 0 Å². The first kappa shape index (κ1) is 12.5. The number of ether oxygens (including phenoxy) is 1. The number of hydrogen-bond acceptors (Lipinski definition) is 2. The third-order valence-corrected chi connectivity index (χ3v) is 2.63. The molecular formula is C12H18ClNO. The molecule has 0 amide bonds. The molecule has 0 bridgehead atoms. The summed E-state index contributed by atoms with van der Waals surface area (Å²) in [7, 11) is 0. The van der Waals surface area contributed by atoms with E-state index in [-0.39, 0.29) is 12.2 Å². The standard InChI is InChI=1S/C12H18ClNO/c1-8(2)15-12(7-14)10-5-4-9(3)11(13)6-10/h4-6,8,12H,7,14H2,1-3H3. The van der Waals surface area contributed by atoms with Crippen LogP contribution in [-0.2, 0) is 4.74 Å². The van der Waals surface area contributed by atoms with E-state index in [9.17, 15) is 0 Å². The van der Waals surface area contributed by atoms with Crippen LogP contribution in [0.3, 0.4) is 0 Å². The van der Waals surface area contributed by atoms with Gasteiger partial charge in [0.2, 0.25) is 0 Å². The Morgan fingerprint density at radius 2 is 2.07 bits per heavy atom. The zero-order valence-electron chi connectivity index (χ0n) is 9.46. The van der Waals surface area contributed by atoms with Gasteiger partial charge in [0, 0.05) is 11.6 Å². The zero-order chi connectivity index (χ0) is 11.4. The Bertz CT molecular complexity index is 325. The van der Waals surface area contributed by atoms with Crippen molar-refractivity contribution in [3.05, 3.63) is 34.3 Å². The summed E-state index contributed by atoms with van der Waals surface area (Å²) < 4.78 is 5.70. The number of benzene rings is 1. The van der Waals surface area contributed by atoms with E-state index >= 15 is 0 Å². The molecule has 0 spiro atoms. The van der Waals surface area contributed by atoms with Crippen LogP contribution in [0.4, 0.5) is 0 Å². The second-order valence-electron chi connectivity index (χ2n) is 3.92. The van der Waals surface area contributed by atoms with Crippen molar-refractivity contribution >= 4 is 11.6 Å². The second kappa shape index (κ2) is 5.50. The highest BCUT2D eigenvalue weighted by Crippen LogP contribution is 2.23. The largest absolute Gasteiger partial charge is 0.370 e. The Morgan fingerprint density at radius 1 is 1.40 bits per heavy atom. The van der Waals surface area contributed by atoms with Gasteiger partial charge in [0.25, 0.3) is 0 Å². The monoisotopic (exact) mass is 227 g/mol. The van der Waals surface area contributed by atoms with Crippen molar-refractivity contribution in [2.75, 3.05) is 6.54 Å². The molecule has 0 aliphatic heterocycles. The number of halogens is 1. The molecule has 0 saturated heterocycles. The van der Waals surface area contributed by atoms with Crippen LogP contribution in [0.2, 0.25) is 5.02 Å². The molecule has 1 aromatic carbocycles. The van der Waals surface area contributed by atoms with Gasteiger partial charge in [0.05, 0.1) is 12.2 Å². The lowest BCUT2D eigenvalue weighted by atomic mass is 10.1. The van der Waals surface area contributed by atoms with Gasteiger partial charge in [-0.2, -0.15) is 0 Å². The summed E-state index contributed by atoms with van der Waals surface area (Å²) in [6.45, 7) is 6.45. The van der Waals surface area contributed by atoms with Gasteiger partial charge in [0.1, 0.15) is 0 Å². The van der Waals surface area contributed by atoms with Gasteiger partial charge in [-0.1, -0.05) is 23.7 Å². The van der Waals surface area contributed by atoms with Gasteiger partial charge >= 0.3 is 0 Å². The summed E-state index contributed by atoms with van der Waals surface area (Å²) in [6, 6.07) is 5.93. The van der Waals surface area contributed by atoms with E-state index in [2.05, 4.69) is 0 Å². The summed E-state index contributed by atoms with van der Waals surface area (Å²) >= 11 is 6.06. The van der Waals surface area contributed by atoms with Crippen molar-refractivity contribution in [2.24, 2.45) is 5.73 Å². The zero-order valence-corrected chi connectivity index (χ0v) is 10.2. The maximum absolute atomic E-state index is 6.06. The number of rotatable bonds is 4. The Morgan fingerprint density at radius 3 is 2.53 bits per heavy atom. The lowest BCUT2D eigenvalue weighted by Gasteiger charge is -2.19. The van der Waals surface area contributed by atoms with Gasteiger partial charge in [-0.15, -0.1) is 0 Å². The molecule has 0 aromatic heterocycles. The third-order valence-electron chi connectivity index (χ3n) is 2.22. The highest BCUT2D eigenvalue weighted by atomic mass is 35.5. The number of hydrogen-bond donors (Lipinski definition) is 1. The smallest absolute Gasteiger partial charge is 0.0951 e. The molecule has 2 nitrogen and oxygen atoms in total. The van der Waals surface area contributed by atoms with Gasteiger partial charge in [-0.05, 0) is 38.0 Å². The van der Waals surface area contributed by atoms with Crippen LogP contribution < -0.4 is 5.73 Å². The molecule has 0 fully saturated rings. The minimum absolute atomic E-state index is 0.0666. The first-order chi connectivity index (χ1) is 7.04. The average molecular weight is 228 g/mol. The molecule has 1 unspecified atom stereocenters. The molecule has 1 atom stereocenters. The molecule has 2 N–H and O–H groups in total. The molecule has 0 aliphatic rings. The molecule has 15 heavy (non-hydrogen) atoms. The molecule has 3 heteroatoms. The lowest BCUT2D eigenvalue weighted by molar-refractivity contribution is 0.0120. The van der Waals surface area contributed by atoms with E-state index in [0.717, 1.165) is 16.1 Å². The third kappa shape index (κ3) is 3.49. The van der Waals surface area contributed by atoms with E-state index in [1.54, 1.807) is 0 Å². The summed E-state index contributed by atoms with van der Waals surface area (Å²) in [5.74, 6) is 0. The fraction of sp³-hybridized carbons (Fsp3) is 0.500. The molecule has 0 heterocycles. The van der Waals surface area contributed by atoms with E-state index in [0.29, 0.717) is 6.54 Å². The molecule has 1 rings (SSSR count). The predicted molar refractivity (Wildman–Crippen MR) is 64.2 cm³/mol. The summed E-state index contributed by atoms with van der Waals surface area (Å²) in [4.78, 5) is 0. The first-order valence-corrected chi connectivity index (χ1v) is 5.54. The van der Waals surface area contributed by atoms with Crippen molar-refractivity contribution in [2.45, 2.75) is 33.0 Å². The van der Waals surface area contributed by atoms with Crippen molar-refractivity contribution in [3.8, 4) is 0 Å². The fourth-order valence-electron chi connectivity index (χ4n) is 1.41. The predicted octanol–water partition coefficient (Wildman–Crippen LogP) is 3.07. The van der Waals surface area contributed by atoms with Gasteiger partial charge in [-0.3, -0.25) is 0 Å². The van der Waals surface area contributed by atoms with Gasteiger partial charge < -0.3 is 10.5 Å². The Labute approximate surface area is 96.4 Å². The Kier molecular flexibility index (Phi) is 4.58. The van der Waals surface area contributed by atoms with Crippen molar-refractivity contribution in [3.63, 3.8) is 0 Å². The summed E-state index contributed by atoms with van der Waals surface area (Å²) in [5.41, 5.74) is 7.79. The molecular weight excluding hydrogens is 210 g/mol. The summed E-state index contributed by atoms with van der Waals surface area (Å²) in [5, 5.41) is 0.762. The van der Waals surface area contributed by atoms with Crippen LogP contribution in [0, 0.1) is 6.92 Å². The van der Waals surface area contributed by atoms with Crippen LogP contribution in [-0.4, -0.2) is 12.6 Å². The quantitative estimate of drug-likeness (QED) is 0.858. The minimum Gasteiger partial charge on any atom is -0.370 e. The van der Waals surface area contributed by atoms with E-state index in [1.165, 1.54) is 0 Å². The maximum atomic E-state index is 6.06. The molecule has 1 aromatic rings. The van der Waals surface area contributed by atoms with Crippen LogP contribution in [0.15, 0.2) is 18.2 Å². The van der Waals surface area contributed by atoms with Gasteiger partial charge in [0.15, 0.2) is 0 Å². The highest BCUT2D eigenvalue weighted by molar-refractivity contribution is 6.31. The molecule has 0 aliphatic carbocycles. The normalized spacial score (nSPS) is 13.2. The Hall–Kier alpha value is -0.570. The maximum Gasteiger partial charge on any atom is 0.0951 e. The average Bonchev–Trinajstić information content (AvgIpc) is 2.18. The van der Waals surface area contributed by atoms with Crippen LogP contribution in [0.25, 0.3) is 0 Å². The lowest BCUT2D eigenvalue weighted by Crippen LogP contribution is -2.19. The van der Waals surface area contributed by atoms with E-state index in [4.69, 9.17) is 22.1 Å². The van der Waals surface area contributed by atoms with E-state index in [1.807, 2.05) is 39.0 Å². The van der Waals surface area contributed by atoms with Crippen molar-refractivity contribution < 1.29 is 4.74 Å².